The molecule has 0 aliphatic carbocycles. The molecule has 1 N–H and O–H groups in total. The summed E-state index contributed by atoms with van der Waals surface area (Å²) in [5, 5.41) is 17.7. The summed E-state index contributed by atoms with van der Waals surface area (Å²) in [7, 11) is -4.17. The van der Waals surface area contributed by atoms with Crippen LogP contribution >= 0.6 is 11.6 Å². The van der Waals surface area contributed by atoms with Crippen molar-refractivity contribution in [2.24, 2.45) is 0 Å². The van der Waals surface area contributed by atoms with Crippen molar-refractivity contribution in [1.82, 2.24) is 0 Å². The van der Waals surface area contributed by atoms with Gasteiger partial charge in [-0.2, -0.15) is 10.5 Å². The van der Waals surface area contributed by atoms with Gasteiger partial charge in [0.05, 0.1) is 16.3 Å². The van der Waals surface area contributed by atoms with Crippen molar-refractivity contribution in [2.45, 2.75) is 4.90 Å². The van der Waals surface area contributed by atoms with E-state index in [0.717, 1.165) is 12.1 Å². The van der Waals surface area contributed by atoms with Crippen molar-refractivity contribution < 1.29 is 12.8 Å². The zero-order chi connectivity index (χ0) is 16.3. The Bertz CT molecular complexity index is 930. The van der Waals surface area contributed by atoms with Crippen LogP contribution in [-0.4, -0.2) is 8.42 Å². The lowest BCUT2D eigenvalue weighted by atomic mass is 10.2. The molecule has 0 unspecified atom stereocenters. The maximum atomic E-state index is 13.5. The number of anilines is 1. The fourth-order valence-corrected chi connectivity index (χ4v) is 3.16. The molecule has 2 aromatic rings. The summed E-state index contributed by atoms with van der Waals surface area (Å²) in [5.74, 6) is -0.928. The van der Waals surface area contributed by atoms with E-state index in [0.29, 0.717) is 0 Å². The highest BCUT2D eigenvalue weighted by Crippen LogP contribution is 2.24. The summed E-state index contributed by atoms with van der Waals surface area (Å²) in [6, 6.07) is 10.6. The summed E-state index contributed by atoms with van der Waals surface area (Å²) in [4.78, 5) is -0.476. The Morgan fingerprint density at radius 1 is 1.14 bits per heavy atom. The van der Waals surface area contributed by atoms with E-state index in [4.69, 9.17) is 22.1 Å². The van der Waals surface area contributed by atoms with Gasteiger partial charge in [-0.3, -0.25) is 4.72 Å². The van der Waals surface area contributed by atoms with E-state index in [9.17, 15) is 12.8 Å². The zero-order valence-electron chi connectivity index (χ0n) is 10.8. The molecule has 0 aromatic heterocycles. The van der Waals surface area contributed by atoms with Crippen LogP contribution in [0, 0.1) is 28.5 Å². The van der Waals surface area contributed by atoms with Crippen LogP contribution in [0.1, 0.15) is 11.1 Å². The molecule has 0 saturated heterocycles. The Labute approximate surface area is 131 Å². The van der Waals surface area contributed by atoms with Gasteiger partial charge in [0.2, 0.25) is 0 Å². The van der Waals surface area contributed by atoms with Crippen molar-refractivity contribution in [3.05, 3.63) is 58.4 Å². The topological polar surface area (TPSA) is 93.8 Å². The molecule has 0 aliphatic heterocycles. The van der Waals surface area contributed by atoms with Gasteiger partial charge in [-0.05, 0) is 30.3 Å². The van der Waals surface area contributed by atoms with Gasteiger partial charge in [0.25, 0.3) is 10.0 Å². The molecule has 0 amide bonds. The highest BCUT2D eigenvalue weighted by Gasteiger charge is 2.21. The molecule has 2 rings (SSSR count). The fourth-order valence-electron chi connectivity index (χ4n) is 1.72. The van der Waals surface area contributed by atoms with Gasteiger partial charge in [-0.1, -0.05) is 17.7 Å². The SMILES string of the molecule is N#Cc1ccc(NS(=O)(=O)c2cccc(F)c2C#N)cc1Cl. The fraction of sp³-hybridized carbons (Fsp3) is 0. The van der Waals surface area contributed by atoms with Gasteiger partial charge >= 0.3 is 0 Å². The van der Waals surface area contributed by atoms with Crippen molar-refractivity contribution >= 4 is 27.3 Å². The van der Waals surface area contributed by atoms with Crippen LogP contribution < -0.4 is 4.72 Å². The summed E-state index contributed by atoms with van der Waals surface area (Å²) >= 11 is 5.82. The van der Waals surface area contributed by atoms with E-state index in [1.54, 1.807) is 0 Å². The molecule has 0 fully saturated rings. The lowest BCUT2D eigenvalue weighted by Gasteiger charge is -2.10. The molecule has 0 radical (unpaired) electrons. The number of halogens is 2. The second kappa shape index (κ2) is 6.02. The minimum Gasteiger partial charge on any atom is -0.280 e. The molecule has 22 heavy (non-hydrogen) atoms. The van der Waals surface area contributed by atoms with Crippen LogP contribution in [0.15, 0.2) is 41.3 Å². The molecule has 5 nitrogen and oxygen atoms in total. The third-order valence-corrected chi connectivity index (χ3v) is 4.45. The minimum absolute atomic E-state index is 0.0717. The van der Waals surface area contributed by atoms with Crippen LogP contribution in [-0.2, 0) is 10.0 Å². The van der Waals surface area contributed by atoms with E-state index in [-0.39, 0.29) is 16.3 Å². The third kappa shape index (κ3) is 3.01. The van der Waals surface area contributed by atoms with Crippen LogP contribution in [0.5, 0.6) is 0 Å². The normalized spacial score (nSPS) is 10.5. The number of rotatable bonds is 3. The summed E-state index contributed by atoms with van der Waals surface area (Å²) < 4.78 is 40.2. The van der Waals surface area contributed by atoms with Crippen LogP contribution in [0.4, 0.5) is 10.1 Å². The molecule has 0 heterocycles. The van der Waals surface area contributed by atoms with Crippen molar-refractivity contribution in [3.8, 4) is 12.1 Å². The Morgan fingerprint density at radius 3 is 2.45 bits per heavy atom. The second-order valence-corrected chi connectivity index (χ2v) is 6.19. The van der Waals surface area contributed by atoms with E-state index in [2.05, 4.69) is 4.72 Å². The second-order valence-electron chi connectivity index (χ2n) is 4.14. The van der Waals surface area contributed by atoms with Crippen molar-refractivity contribution in [3.63, 3.8) is 0 Å². The average molecular weight is 336 g/mol. The molecule has 110 valence electrons. The van der Waals surface area contributed by atoms with E-state index in [1.807, 2.05) is 6.07 Å². The van der Waals surface area contributed by atoms with Gasteiger partial charge in [-0.25, -0.2) is 12.8 Å². The molecule has 8 heteroatoms. The predicted octanol–water partition coefficient (Wildman–Crippen LogP) is 3.02. The lowest BCUT2D eigenvalue weighted by molar-refractivity contribution is 0.593. The number of nitrogens with one attached hydrogen (secondary N) is 1. The smallest absolute Gasteiger partial charge is 0.263 e. The number of nitriles is 2. The first-order chi connectivity index (χ1) is 10.4. The quantitative estimate of drug-likeness (QED) is 0.932. The maximum absolute atomic E-state index is 13.5. The summed E-state index contributed by atoms with van der Waals surface area (Å²) in [5.41, 5.74) is -0.292. The number of sulfonamides is 1. The van der Waals surface area contributed by atoms with Crippen LogP contribution in [0.3, 0.4) is 0 Å². The van der Waals surface area contributed by atoms with E-state index in [1.165, 1.54) is 30.3 Å². The Balaban J connectivity index is 2.46. The number of benzene rings is 2. The number of hydrogen-bond acceptors (Lipinski definition) is 4. The molecule has 0 saturated carbocycles. The van der Waals surface area contributed by atoms with Gasteiger partial charge < -0.3 is 0 Å². The van der Waals surface area contributed by atoms with Gasteiger partial charge in [0, 0.05) is 0 Å². The molecular weight excluding hydrogens is 329 g/mol. The first-order valence-electron chi connectivity index (χ1n) is 5.80. The maximum Gasteiger partial charge on any atom is 0.263 e. The predicted molar refractivity (Wildman–Crippen MR) is 78.1 cm³/mol. The first kappa shape index (κ1) is 15.8. The van der Waals surface area contributed by atoms with Gasteiger partial charge in [-0.15, -0.1) is 0 Å². The minimum atomic E-state index is -4.17. The Kier molecular flexibility index (Phi) is 4.32. The number of hydrogen-bond donors (Lipinski definition) is 1. The summed E-state index contributed by atoms with van der Waals surface area (Å²) in [6.45, 7) is 0. The monoisotopic (exact) mass is 335 g/mol. The largest absolute Gasteiger partial charge is 0.280 e. The van der Waals surface area contributed by atoms with Crippen LogP contribution in [0.25, 0.3) is 0 Å². The van der Waals surface area contributed by atoms with Crippen molar-refractivity contribution in [1.29, 1.82) is 10.5 Å². The standard InChI is InChI=1S/C14H7ClFN3O2S/c15-12-6-10(5-4-9(12)7-17)19-22(20,21)14-3-1-2-13(16)11(14)8-18/h1-6,19H. The highest BCUT2D eigenvalue weighted by atomic mass is 35.5. The Morgan fingerprint density at radius 2 is 1.86 bits per heavy atom. The van der Waals surface area contributed by atoms with E-state index < -0.39 is 26.3 Å². The Hall–Kier alpha value is -2.61. The average Bonchev–Trinajstić information content (AvgIpc) is 2.46. The number of nitrogens with zero attached hydrogens (tertiary/aromatic N) is 2. The molecule has 0 bridgehead atoms. The highest BCUT2D eigenvalue weighted by molar-refractivity contribution is 7.92. The van der Waals surface area contributed by atoms with Gasteiger partial charge in [0.15, 0.2) is 0 Å². The molecule has 0 aliphatic rings. The van der Waals surface area contributed by atoms with Gasteiger partial charge in [0.1, 0.15) is 28.4 Å². The third-order valence-electron chi connectivity index (χ3n) is 2.72. The lowest BCUT2D eigenvalue weighted by Crippen LogP contribution is -2.15. The zero-order valence-corrected chi connectivity index (χ0v) is 12.4. The molecular formula is C14H7ClFN3O2S. The summed E-state index contributed by atoms with van der Waals surface area (Å²) in [6.07, 6.45) is 0. The molecule has 0 spiro atoms. The molecule has 2 aromatic carbocycles. The molecule has 0 atom stereocenters. The van der Waals surface area contributed by atoms with Crippen molar-refractivity contribution in [2.75, 3.05) is 4.72 Å². The first-order valence-corrected chi connectivity index (χ1v) is 7.66. The van der Waals surface area contributed by atoms with E-state index >= 15 is 0 Å². The van der Waals surface area contributed by atoms with Crippen LogP contribution in [0.2, 0.25) is 5.02 Å².